The van der Waals surface area contributed by atoms with Crippen LogP contribution in [0.4, 0.5) is 0 Å². The highest BCUT2D eigenvalue weighted by atomic mass is 16.5. The number of nitrogens with one attached hydrogen (secondary N) is 1. The first kappa shape index (κ1) is 10.5. The summed E-state index contributed by atoms with van der Waals surface area (Å²) in [5.41, 5.74) is 0.197. The molecular weight excluding hydrogens is 210 g/mol. The topological polar surface area (TPSA) is 75.6 Å². The molecule has 1 amide bonds. The van der Waals surface area contributed by atoms with Crippen molar-refractivity contribution in [2.24, 2.45) is 0 Å². The maximum atomic E-state index is 11.2. The highest BCUT2D eigenvalue weighted by Crippen LogP contribution is 2.16. The lowest BCUT2D eigenvalue weighted by molar-refractivity contribution is -0.124. The molecule has 1 saturated heterocycles. The molecule has 0 saturated carbocycles. The molecule has 1 atom stereocenters. The fraction of sp³-hybridized carbons (Fsp3) is 0.273. The summed E-state index contributed by atoms with van der Waals surface area (Å²) in [4.78, 5) is 21.8. The molecule has 0 spiro atoms. The minimum absolute atomic E-state index is 0.123. The first-order chi connectivity index (χ1) is 7.66. The van der Waals surface area contributed by atoms with E-state index in [9.17, 15) is 9.59 Å². The lowest BCUT2D eigenvalue weighted by Gasteiger charge is -2.10. The summed E-state index contributed by atoms with van der Waals surface area (Å²) in [6.45, 7) is 0.622. The lowest BCUT2D eigenvalue weighted by Crippen LogP contribution is -2.27. The van der Waals surface area contributed by atoms with E-state index in [0.29, 0.717) is 18.7 Å². The molecule has 1 aromatic rings. The number of benzene rings is 1. The third kappa shape index (κ3) is 2.13. The van der Waals surface area contributed by atoms with E-state index < -0.39 is 12.1 Å². The van der Waals surface area contributed by atoms with Crippen LogP contribution >= 0.6 is 0 Å². The van der Waals surface area contributed by atoms with E-state index in [1.54, 1.807) is 12.1 Å². The van der Waals surface area contributed by atoms with Crippen molar-refractivity contribution in [2.45, 2.75) is 12.5 Å². The van der Waals surface area contributed by atoms with Gasteiger partial charge < -0.3 is 15.2 Å². The van der Waals surface area contributed by atoms with Gasteiger partial charge >= 0.3 is 5.97 Å². The molecule has 0 bridgehead atoms. The zero-order valence-electron chi connectivity index (χ0n) is 8.47. The quantitative estimate of drug-likeness (QED) is 0.785. The van der Waals surface area contributed by atoms with Gasteiger partial charge in [0.1, 0.15) is 5.75 Å². The molecule has 0 aromatic heterocycles. The molecule has 2 rings (SSSR count). The zero-order valence-corrected chi connectivity index (χ0v) is 8.47. The first-order valence-corrected chi connectivity index (χ1v) is 4.94. The van der Waals surface area contributed by atoms with Gasteiger partial charge in [-0.25, -0.2) is 4.79 Å². The maximum absolute atomic E-state index is 11.2. The lowest BCUT2D eigenvalue weighted by atomic mass is 10.2. The highest BCUT2D eigenvalue weighted by Gasteiger charge is 2.25. The Labute approximate surface area is 92.0 Å². The number of carboxylic acids is 1. The SMILES string of the molecule is O=C(O)c1ccc(OC2CCNC2=O)cc1. The minimum atomic E-state index is -0.981. The third-order valence-electron chi connectivity index (χ3n) is 2.38. The van der Waals surface area contributed by atoms with Crippen LogP contribution in [0.1, 0.15) is 16.8 Å². The van der Waals surface area contributed by atoms with Gasteiger partial charge in [0.25, 0.3) is 5.91 Å². The smallest absolute Gasteiger partial charge is 0.335 e. The number of amides is 1. The molecule has 5 heteroatoms. The Morgan fingerprint density at radius 2 is 2.06 bits per heavy atom. The Morgan fingerprint density at radius 3 is 2.56 bits per heavy atom. The Bertz CT molecular complexity index is 412. The molecule has 0 aliphatic carbocycles. The monoisotopic (exact) mass is 221 g/mol. The molecule has 1 unspecified atom stereocenters. The summed E-state index contributed by atoms with van der Waals surface area (Å²) >= 11 is 0. The standard InChI is InChI=1S/C11H11NO4/c13-10-9(5-6-12-10)16-8-3-1-7(2-4-8)11(14)15/h1-4,9H,5-6H2,(H,12,13)(H,14,15). The van der Waals surface area contributed by atoms with Gasteiger partial charge in [-0.1, -0.05) is 0 Å². The number of aromatic carboxylic acids is 1. The van der Waals surface area contributed by atoms with Crippen LogP contribution in [0.25, 0.3) is 0 Å². The fourth-order valence-electron chi connectivity index (χ4n) is 1.52. The number of hydrogen-bond donors (Lipinski definition) is 2. The van der Waals surface area contributed by atoms with E-state index in [1.165, 1.54) is 12.1 Å². The van der Waals surface area contributed by atoms with Gasteiger partial charge in [-0.3, -0.25) is 4.79 Å². The van der Waals surface area contributed by atoms with E-state index in [4.69, 9.17) is 9.84 Å². The van der Waals surface area contributed by atoms with E-state index in [-0.39, 0.29) is 11.5 Å². The van der Waals surface area contributed by atoms with Crippen LogP contribution in [0, 0.1) is 0 Å². The Kier molecular flexibility index (Phi) is 2.76. The molecule has 1 heterocycles. The maximum Gasteiger partial charge on any atom is 0.335 e. The van der Waals surface area contributed by atoms with E-state index >= 15 is 0 Å². The van der Waals surface area contributed by atoms with Crippen LogP contribution in [0.15, 0.2) is 24.3 Å². The van der Waals surface area contributed by atoms with Crippen molar-refractivity contribution in [1.82, 2.24) is 5.32 Å². The highest BCUT2D eigenvalue weighted by molar-refractivity contribution is 5.87. The van der Waals surface area contributed by atoms with Crippen LogP contribution in [-0.2, 0) is 4.79 Å². The van der Waals surface area contributed by atoms with Gasteiger partial charge in [0.2, 0.25) is 0 Å². The van der Waals surface area contributed by atoms with Crippen molar-refractivity contribution in [3.63, 3.8) is 0 Å². The predicted octanol–water partition coefficient (Wildman–Crippen LogP) is 0.652. The van der Waals surface area contributed by atoms with Gasteiger partial charge in [0.05, 0.1) is 5.56 Å². The van der Waals surface area contributed by atoms with Crippen molar-refractivity contribution in [1.29, 1.82) is 0 Å². The summed E-state index contributed by atoms with van der Waals surface area (Å²) in [5.74, 6) is -0.598. The molecule has 1 aliphatic rings. The van der Waals surface area contributed by atoms with Crippen molar-refractivity contribution in [3.8, 4) is 5.75 Å². The average molecular weight is 221 g/mol. The summed E-state index contributed by atoms with van der Waals surface area (Å²) < 4.78 is 5.42. The Morgan fingerprint density at radius 1 is 1.38 bits per heavy atom. The number of ether oxygens (including phenoxy) is 1. The van der Waals surface area contributed by atoms with Crippen LogP contribution < -0.4 is 10.1 Å². The first-order valence-electron chi connectivity index (χ1n) is 4.94. The summed E-state index contributed by atoms with van der Waals surface area (Å²) in [7, 11) is 0. The van der Waals surface area contributed by atoms with Crippen molar-refractivity contribution in [2.75, 3.05) is 6.54 Å². The molecule has 84 valence electrons. The molecule has 1 aliphatic heterocycles. The van der Waals surface area contributed by atoms with Crippen molar-refractivity contribution < 1.29 is 19.4 Å². The number of carbonyl (C=O) groups is 2. The number of carbonyl (C=O) groups excluding carboxylic acids is 1. The second kappa shape index (κ2) is 4.22. The van der Waals surface area contributed by atoms with E-state index in [2.05, 4.69) is 5.32 Å². The van der Waals surface area contributed by atoms with Crippen LogP contribution in [0.2, 0.25) is 0 Å². The Hall–Kier alpha value is -2.04. The van der Waals surface area contributed by atoms with Crippen molar-refractivity contribution in [3.05, 3.63) is 29.8 Å². The van der Waals surface area contributed by atoms with Gasteiger partial charge in [0, 0.05) is 13.0 Å². The van der Waals surface area contributed by atoms with Crippen LogP contribution in [0.3, 0.4) is 0 Å². The van der Waals surface area contributed by atoms with Gasteiger partial charge in [-0.05, 0) is 24.3 Å². The fourth-order valence-corrected chi connectivity index (χ4v) is 1.52. The van der Waals surface area contributed by atoms with Gasteiger partial charge in [-0.15, -0.1) is 0 Å². The molecule has 1 fully saturated rings. The predicted molar refractivity (Wildman–Crippen MR) is 55.4 cm³/mol. The Balaban J connectivity index is 2.05. The zero-order chi connectivity index (χ0) is 11.5. The van der Waals surface area contributed by atoms with E-state index in [0.717, 1.165) is 0 Å². The molecule has 2 N–H and O–H groups in total. The van der Waals surface area contributed by atoms with Gasteiger partial charge in [0.15, 0.2) is 6.10 Å². The minimum Gasteiger partial charge on any atom is -0.481 e. The number of carboxylic acid groups (broad SMARTS) is 1. The third-order valence-corrected chi connectivity index (χ3v) is 2.38. The number of hydrogen-bond acceptors (Lipinski definition) is 3. The normalized spacial score (nSPS) is 19.2. The average Bonchev–Trinajstić information content (AvgIpc) is 2.65. The molecular formula is C11H11NO4. The van der Waals surface area contributed by atoms with E-state index in [1.807, 2.05) is 0 Å². The van der Waals surface area contributed by atoms with Gasteiger partial charge in [-0.2, -0.15) is 0 Å². The molecule has 16 heavy (non-hydrogen) atoms. The summed E-state index contributed by atoms with van der Waals surface area (Å²) in [5, 5.41) is 11.4. The molecule has 0 radical (unpaired) electrons. The van der Waals surface area contributed by atoms with Crippen molar-refractivity contribution >= 4 is 11.9 Å². The van der Waals surface area contributed by atoms with Crippen LogP contribution in [-0.4, -0.2) is 29.6 Å². The summed E-state index contributed by atoms with van der Waals surface area (Å²) in [6, 6.07) is 6.00. The summed E-state index contributed by atoms with van der Waals surface area (Å²) in [6.07, 6.45) is 0.176. The largest absolute Gasteiger partial charge is 0.481 e. The van der Waals surface area contributed by atoms with Crippen LogP contribution in [0.5, 0.6) is 5.75 Å². The second-order valence-electron chi connectivity index (χ2n) is 3.52. The molecule has 1 aromatic carbocycles. The molecule has 5 nitrogen and oxygen atoms in total. The second-order valence-corrected chi connectivity index (χ2v) is 3.52. The number of rotatable bonds is 3.